The van der Waals surface area contributed by atoms with Crippen molar-refractivity contribution in [3.63, 3.8) is 0 Å². The van der Waals surface area contributed by atoms with Crippen LogP contribution in [0.25, 0.3) is 11.4 Å². The van der Waals surface area contributed by atoms with Crippen molar-refractivity contribution in [3.8, 4) is 11.4 Å². The average Bonchev–Trinajstić information content (AvgIpc) is 2.82. The summed E-state index contributed by atoms with van der Waals surface area (Å²) in [4.78, 5) is 0. The van der Waals surface area contributed by atoms with E-state index in [2.05, 4.69) is 26.1 Å². The lowest BCUT2D eigenvalue weighted by Gasteiger charge is -2.09. The fourth-order valence-corrected chi connectivity index (χ4v) is 3.21. The van der Waals surface area contributed by atoms with E-state index in [4.69, 9.17) is 27.0 Å². The van der Waals surface area contributed by atoms with Crippen molar-refractivity contribution < 1.29 is 13.2 Å². The highest BCUT2D eigenvalue weighted by atomic mass is 79.9. The van der Waals surface area contributed by atoms with Gasteiger partial charge in [0.25, 0.3) is 14.2 Å². The van der Waals surface area contributed by atoms with Crippen molar-refractivity contribution in [2.45, 2.75) is 11.7 Å². The molecular weight excluding hydrogens is 405 g/mol. The summed E-state index contributed by atoms with van der Waals surface area (Å²) < 4.78 is 30.3. The number of rotatable bonds is 5. The van der Waals surface area contributed by atoms with Gasteiger partial charge >= 0.3 is 0 Å². The molecule has 6 nitrogen and oxygen atoms in total. The molecule has 0 fully saturated rings. The van der Waals surface area contributed by atoms with Gasteiger partial charge in [-0.1, -0.05) is 27.5 Å². The van der Waals surface area contributed by atoms with Crippen molar-refractivity contribution in [1.29, 1.82) is 0 Å². The molecule has 21 heavy (non-hydrogen) atoms. The molecule has 2 rings (SSSR count). The van der Waals surface area contributed by atoms with Crippen LogP contribution in [0, 0.1) is 0 Å². The Morgan fingerprint density at radius 3 is 2.71 bits per heavy atom. The molecule has 2 aromatic rings. The molecule has 0 atom stereocenters. The van der Waals surface area contributed by atoms with Crippen LogP contribution in [0.5, 0.6) is 0 Å². The highest BCUT2D eigenvalue weighted by Crippen LogP contribution is 2.31. The van der Waals surface area contributed by atoms with E-state index in [9.17, 15) is 8.42 Å². The average molecular weight is 415 g/mol. The molecule has 0 spiro atoms. The monoisotopic (exact) mass is 413 g/mol. The van der Waals surface area contributed by atoms with E-state index in [1.165, 1.54) is 11.7 Å². The largest absolute Gasteiger partial charge is 0.383 e. The lowest BCUT2D eigenvalue weighted by atomic mass is 10.2. The van der Waals surface area contributed by atoms with Gasteiger partial charge in [-0.05, 0) is 18.2 Å². The van der Waals surface area contributed by atoms with Crippen LogP contribution >= 0.6 is 38.2 Å². The van der Waals surface area contributed by atoms with Crippen LogP contribution in [0.4, 0.5) is 0 Å². The summed E-state index contributed by atoms with van der Waals surface area (Å²) in [7, 11) is 2.86. The van der Waals surface area contributed by atoms with E-state index in [-0.39, 0.29) is 18.3 Å². The minimum absolute atomic E-state index is 0.225. The summed E-state index contributed by atoms with van der Waals surface area (Å²) in [5.74, 6) is 0.303. The van der Waals surface area contributed by atoms with Crippen LogP contribution in [0.3, 0.4) is 0 Å². The first-order valence-corrected chi connectivity index (χ1v) is 9.15. The summed E-state index contributed by atoms with van der Waals surface area (Å²) in [6.45, 7) is 0.499. The maximum absolute atomic E-state index is 11.6. The van der Waals surface area contributed by atoms with Crippen LogP contribution in [-0.4, -0.2) is 36.9 Å². The van der Waals surface area contributed by atoms with Gasteiger partial charge in [0, 0.05) is 27.8 Å². The zero-order chi connectivity index (χ0) is 15.6. The van der Waals surface area contributed by atoms with Crippen molar-refractivity contribution in [1.82, 2.24) is 14.8 Å². The lowest BCUT2D eigenvalue weighted by molar-refractivity contribution is 0.185. The number of ether oxygens (including phenoxy) is 1. The van der Waals surface area contributed by atoms with E-state index >= 15 is 0 Å². The number of benzene rings is 1. The molecule has 0 saturated heterocycles. The maximum Gasteiger partial charge on any atom is 0.296 e. The molecule has 0 aliphatic rings. The van der Waals surface area contributed by atoms with Gasteiger partial charge in [0.1, 0.15) is 0 Å². The highest BCUT2D eigenvalue weighted by molar-refractivity contribution is 9.10. The molecule has 0 amide bonds. The Labute approximate surface area is 139 Å². The first-order chi connectivity index (χ1) is 9.84. The fraction of sp³-hybridized carbons (Fsp3) is 0.273. The molecule has 0 unspecified atom stereocenters. The SMILES string of the molecule is COCCn1c(-c2cc(Br)ccc2Cl)nnc1S(=O)(=O)Cl. The molecule has 1 aromatic carbocycles. The number of hydrogen-bond acceptors (Lipinski definition) is 5. The second-order valence-corrected chi connectivity index (χ2v) is 7.80. The minimum atomic E-state index is -4.02. The molecule has 0 saturated carbocycles. The zero-order valence-corrected chi connectivity index (χ0v) is 14.7. The van der Waals surface area contributed by atoms with Crippen LogP contribution < -0.4 is 0 Å². The van der Waals surface area contributed by atoms with Crippen molar-refractivity contribution in [2.24, 2.45) is 0 Å². The predicted molar refractivity (Wildman–Crippen MR) is 83.1 cm³/mol. The Morgan fingerprint density at radius 1 is 1.38 bits per heavy atom. The Bertz CT molecular complexity index is 764. The highest BCUT2D eigenvalue weighted by Gasteiger charge is 2.24. The Balaban J connectivity index is 2.63. The molecule has 1 heterocycles. The Hall–Kier alpha value is -0.670. The van der Waals surface area contributed by atoms with E-state index in [0.29, 0.717) is 16.4 Å². The van der Waals surface area contributed by atoms with Crippen molar-refractivity contribution in [3.05, 3.63) is 27.7 Å². The first kappa shape index (κ1) is 16.7. The molecule has 10 heteroatoms. The summed E-state index contributed by atoms with van der Waals surface area (Å²) in [6.07, 6.45) is 0. The smallest absolute Gasteiger partial charge is 0.296 e. The molecule has 0 N–H and O–H groups in total. The van der Waals surface area contributed by atoms with Gasteiger partial charge in [0.2, 0.25) is 0 Å². The molecule has 0 radical (unpaired) electrons. The second kappa shape index (κ2) is 6.62. The third-order valence-electron chi connectivity index (χ3n) is 2.62. The van der Waals surface area contributed by atoms with Gasteiger partial charge in [-0.3, -0.25) is 4.57 Å². The van der Waals surface area contributed by atoms with Gasteiger partial charge in [-0.25, -0.2) is 8.42 Å². The van der Waals surface area contributed by atoms with Crippen molar-refractivity contribution >= 4 is 47.3 Å². The van der Waals surface area contributed by atoms with Gasteiger partial charge in [0.15, 0.2) is 5.82 Å². The summed E-state index contributed by atoms with van der Waals surface area (Å²) in [5.41, 5.74) is 0.543. The van der Waals surface area contributed by atoms with Crippen LogP contribution in [0.1, 0.15) is 0 Å². The van der Waals surface area contributed by atoms with Crippen LogP contribution in [0.2, 0.25) is 5.02 Å². The molecule has 0 bridgehead atoms. The summed E-state index contributed by atoms with van der Waals surface area (Å²) in [6, 6.07) is 5.16. The molecule has 114 valence electrons. The number of aromatic nitrogens is 3. The normalized spacial score (nSPS) is 11.8. The molecule has 0 aliphatic carbocycles. The molecular formula is C11H10BrCl2N3O3S. The first-order valence-electron chi connectivity index (χ1n) is 5.67. The molecule has 1 aromatic heterocycles. The fourth-order valence-electron chi connectivity index (χ4n) is 1.72. The number of halogens is 3. The van der Waals surface area contributed by atoms with E-state index in [1.54, 1.807) is 18.2 Å². The Morgan fingerprint density at radius 2 is 2.10 bits per heavy atom. The summed E-state index contributed by atoms with van der Waals surface area (Å²) in [5, 5.41) is 7.63. The zero-order valence-electron chi connectivity index (χ0n) is 10.8. The Kier molecular flexibility index (Phi) is 5.26. The molecule has 0 aliphatic heterocycles. The van der Waals surface area contributed by atoms with E-state index in [0.717, 1.165) is 4.47 Å². The van der Waals surface area contributed by atoms with Crippen molar-refractivity contribution in [2.75, 3.05) is 13.7 Å². The number of nitrogens with zero attached hydrogens (tertiary/aromatic N) is 3. The van der Waals surface area contributed by atoms with Gasteiger partial charge in [0.05, 0.1) is 18.2 Å². The van der Waals surface area contributed by atoms with E-state index in [1.807, 2.05) is 0 Å². The van der Waals surface area contributed by atoms with Crippen LogP contribution in [-0.2, 0) is 20.3 Å². The standard InChI is InChI=1S/C11H10BrCl2N3O3S/c1-20-5-4-17-10(15-16-11(17)21(14,18)19)8-6-7(12)2-3-9(8)13/h2-3,6H,4-5H2,1H3. The third-order valence-corrected chi connectivity index (χ3v) is 4.60. The van der Waals surface area contributed by atoms with Gasteiger partial charge in [-0.2, -0.15) is 0 Å². The van der Waals surface area contributed by atoms with Gasteiger partial charge in [-0.15, -0.1) is 10.2 Å². The predicted octanol–water partition coefficient (Wildman–Crippen LogP) is 2.93. The minimum Gasteiger partial charge on any atom is -0.383 e. The van der Waals surface area contributed by atoms with Crippen LogP contribution in [0.15, 0.2) is 27.8 Å². The number of methoxy groups -OCH3 is 1. The maximum atomic E-state index is 11.6. The number of hydrogen-bond donors (Lipinski definition) is 0. The third kappa shape index (κ3) is 3.75. The second-order valence-electron chi connectivity index (χ2n) is 4.01. The van der Waals surface area contributed by atoms with E-state index < -0.39 is 9.05 Å². The lowest BCUT2D eigenvalue weighted by Crippen LogP contribution is -2.11. The quantitative estimate of drug-likeness (QED) is 0.703. The van der Waals surface area contributed by atoms with Gasteiger partial charge < -0.3 is 4.74 Å². The summed E-state index contributed by atoms with van der Waals surface area (Å²) >= 11 is 9.48. The topological polar surface area (TPSA) is 74.1 Å².